The van der Waals surface area contributed by atoms with Gasteiger partial charge in [-0.3, -0.25) is 15.2 Å². The molecule has 1 amide bonds. The average molecular weight is 409 g/mol. The molecule has 4 rings (SSSR count). The molecule has 146 valence electrons. The van der Waals surface area contributed by atoms with Gasteiger partial charge in [0.1, 0.15) is 17.8 Å². The Kier molecular flexibility index (Phi) is 5.26. The maximum atomic E-state index is 12.5. The highest BCUT2D eigenvalue weighted by Gasteiger charge is 2.13. The number of anilines is 1. The predicted molar refractivity (Wildman–Crippen MR) is 109 cm³/mol. The topological polar surface area (TPSA) is 97.7 Å². The molecule has 0 aliphatic heterocycles. The smallest absolute Gasteiger partial charge is 0.276 e. The fraction of sp³-hybridized carbons (Fsp3) is 0.100. The van der Waals surface area contributed by atoms with Gasteiger partial charge in [-0.1, -0.05) is 23.7 Å². The molecule has 0 aliphatic carbocycles. The van der Waals surface area contributed by atoms with Crippen LogP contribution in [-0.2, 0) is 6.54 Å². The molecule has 0 aliphatic rings. The van der Waals surface area contributed by atoms with E-state index in [0.717, 1.165) is 16.9 Å². The summed E-state index contributed by atoms with van der Waals surface area (Å²) >= 11 is 5.89. The molecule has 2 heterocycles. The fourth-order valence-corrected chi connectivity index (χ4v) is 2.85. The van der Waals surface area contributed by atoms with E-state index in [-0.39, 0.29) is 11.9 Å². The van der Waals surface area contributed by atoms with Crippen LogP contribution in [0.25, 0.3) is 11.3 Å². The molecule has 0 saturated heterocycles. The van der Waals surface area contributed by atoms with Crippen molar-refractivity contribution < 1.29 is 9.53 Å². The van der Waals surface area contributed by atoms with Crippen molar-refractivity contribution in [3.8, 4) is 17.0 Å². The van der Waals surface area contributed by atoms with E-state index in [4.69, 9.17) is 16.3 Å². The minimum atomic E-state index is -0.374. The van der Waals surface area contributed by atoms with Gasteiger partial charge in [0.15, 0.2) is 0 Å². The van der Waals surface area contributed by atoms with E-state index >= 15 is 0 Å². The van der Waals surface area contributed by atoms with Crippen molar-refractivity contribution in [1.82, 2.24) is 25.0 Å². The molecule has 2 aromatic heterocycles. The highest BCUT2D eigenvalue weighted by Crippen LogP contribution is 2.21. The average Bonchev–Trinajstić information content (AvgIpc) is 3.40. The highest BCUT2D eigenvalue weighted by molar-refractivity contribution is 6.30. The zero-order chi connectivity index (χ0) is 20.2. The number of rotatable bonds is 6. The fourth-order valence-electron chi connectivity index (χ4n) is 2.72. The van der Waals surface area contributed by atoms with E-state index < -0.39 is 0 Å². The lowest BCUT2D eigenvalue weighted by molar-refractivity contribution is 0.102. The Labute approximate surface area is 171 Å². The molecule has 2 N–H and O–H groups in total. The first-order valence-corrected chi connectivity index (χ1v) is 9.13. The van der Waals surface area contributed by atoms with Crippen molar-refractivity contribution in [2.75, 3.05) is 12.4 Å². The molecular weight excluding hydrogens is 392 g/mol. The van der Waals surface area contributed by atoms with Gasteiger partial charge in [-0.25, -0.2) is 9.67 Å². The van der Waals surface area contributed by atoms with Gasteiger partial charge in [-0.05, 0) is 48.0 Å². The van der Waals surface area contributed by atoms with Gasteiger partial charge < -0.3 is 4.74 Å². The van der Waals surface area contributed by atoms with Crippen LogP contribution in [-0.4, -0.2) is 38.0 Å². The van der Waals surface area contributed by atoms with E-state index in [1.165, 1.54) is 0 Å². The van der Waals surface area contributed by atoms with Crippen LogP contribution < -0.4 is 10.1 Å². The second kappa shape index (κ2) is 8.15. The third-order valence-corrected chi connectivity index (χ3v) is 4.48. The summed E-state index contributed by atoms with van der Waals surface area (Å²) in [6, 6.07) is 16.5. The largest absolute Gasteiger partial charge is 0.497 e. The van der Waals surface area contributed by atoms with Gasteiger partial charge in [0.25, 0.3) is 5.91 Å². The summed E-state index contributed by atoms with van der Waals surface area (Å²) in [7, 11) is 1.61. The van der Waals surface area contributed by atoms with Crippen LogP contribution >= 0.6 is 11.6 Å². The van der Waals surface area contributed by atoms with Crippen molar-refractivity contribution in [3.05, 3.63) is 77.2 Å². The molecule has 9 heteroatoms. The normalized spacial score (nSPS) is 10.7. The summed E-state index contributed by atoms with van der Waals surface area (Å²) in [6.07, 6.45) is 1.56. The maximum Gasteiger partial charge on any atom is 0.276 e. The first-order valence-electron chi connectivity index (χ1n) is 8.76. The summed E-state index contributed by atoms with van der Waals surface area (Å²) in [6.45, 7) is 0.520. The maximum absolute atomic E-state index is 12.5. The van der Waals surface area contributed by atoms with Crippen molar-refractivity contribution in [2.45, 2.75) is 6.54 Å². The Balaban J connectivity index is 1.41. The molecule has 8 nitrogen and oxygen atoms in total. The monoisotopic (exact) mass is 408 g/mol. The molecule has 29 heavy (non-hydrogen) atoms. The van der Waals surface area contributed by atoms with Crippen LogP contribution in [0, 0.1) is 0 Å². The van der Waals surface area contributed by atoms with Crippen LogP contribution in [0.5, 0.6) is 5.75 Å². The second-order valence-electron chi connectivity index (χ2n) is 6.24. The number of ether oxygens (including phenoxy) is 1. The zero-order valence-electron chi connectivity index (χ0n) is 15.5. The van der Waals surface area contributed by atoms with E-state index in [0.29, 0.717) is 23.0 Å². The van der Waals surface area contributed by atoms with Crippen LogP contribution in [0.3, 0.4) is 0 Å². The molecule has 0 radical (unpaired) electrons. The standard InChI is InChI=1S/C20H17ClN6O2/c1-29-16-8-4-14(5-9-16)17-10-18(25-24-17)19(28)23-20-22-12-27(26-20)11-13-2-6-15(21)7-3-13/h2-10,12H,11H2,1H3,(H,24,25)(H,23,26,28). The number of aromatic amines is 1. The van der Waals surface area contributed by atoms with Crippen LogP contribution in [0.4, 0.5) is 5.95 Å². The van der Waals surface area contributed by atoms with E-state index in [9.17, 15) is 4.79 Å². The van der Waals surface area contributed by atoms with Crippen molar-refractivity contribution in [1.29, 1.82) is 0 Å². The van der Waals surface area contributed by atoms with Gasteiger partial charge >= 0.3 is 0 Å². The predicted octanol–water partition coefficient (Wildman–Crippen LogP) is 3.63. The van der Waals surface area contributed by atoms with Crippen LogP contribution in [0.15, 0.2) is 60.9 Å². The van der Waals surface area contributed by atoms with Gasteiger partial charge in [-0.15, -0.1) is 5.10 Å². The molecule has 2 aromatic carbocycles. The number of H-pyrrole nitrogens is 1. The Morgan fingerprint density at radius 1 is 1.17 bits per heavy atom. The van der Waals surface area contributed by atoms with Crippen molar-refractivity contribution in [2.24, 2.45) is 0 Å². The number of aromatic nitrogens is 5. The summed E-state index contributed by atoms with van der Waals surface area (Å²) in [5, 5.41) is 14.5. The molecule has 0 bridgehead atoms. The van der Waals surface area contributed by atoms with Gasteiger partial charge in [-0.2, -0.15) is 5.10 Å². The molecule has 4 aromatic rings. The number of carbonyl (C=O) groups is 1. The zero-order valence-corrected chi connectivity index (χ0v) is 16.2. The number of carbonyl (C=O) groups excluding carboxylic acids is 1. The van der Waals surface area contributed by atoms with Crippen molar-refractivity contribution in [3.63, 3.8) is 0 Å². The third-order valence-electron chi connectivity index (χ3n) is 4.23. The number of halogens is 1. The van der Waals surface area contributed by atoms with Crippen LogP contribution in [0.2, 0.25) is 5.02 Å². The molecule has 0 unspecified atom stereocenters. The minimum absolute atomic E-state index is 0.213. The Morgan fingerprint density at radius 2 is 1.93 bits per heavy atom. The first kappa shape index (κ1) is 18.7. The molecule has 0 fully saturated rings. The van der Waals surface area contributed by atoms with Crippen LogP contribution in [0.1, 0.15) is 16.1 Å². The number of hydrogen-bond acceptors (Lipinski definition) is 5. The lowest BCUT2D eigenvalue weighted by atomic mass is 10.1. The minimum Gasteiger partial charge on any atom is -0.497 e. The number of methoxy groups -OCH3 is 1. The quantitative estimate of drug-likeness (QED) is 0.507. The number of amides is 1. The number of nitrogens with one attached hydrogen (secondary N) is 2. The number of nitrogens with zero attached hydrogens (tertiary/aromatic N) is 4. The van der Waals surface area contributed by atoms with Crippen molar-refractivity contribution >= 4 is 23.5 Å². The SMILES string of the molecule is COc1ccc(-c2cc(C(=O)Nc3ncn(Cc4ccc(Cl)cc4)n3)[nH]n2)cc1. The summed E-state index contributed by atoms with van der Waals surface area (Å²) < 4.78 is 6.78. The van der Waals surface area contributed by atoms with E-state index in [1.807, 2.05) is 48.5 Å². The molecule has 0 spiro atoms. The van der Waals surface area contributed by atoms with Gasteiger partial charge in [0.05, 0.1) is 19.3 Å². The summed E-state index contributed by atoms with van der Waals surface area (Å²) in [5.41, 5.74) is 2.85. The van der Waals surface area contributed by atoms with E-state index in [1.54, 1.807) is 24.2 Å². The summed E-state index contributed by atoms with van der Waals surface area (Å²) in [4.78, 5) is 16.6. The Bertz CT molecular complexity index is 1120. The van der Waals surface area contributed by atoms with Gasteiger partial charge in [0, 0.05) is 10.6 Å². The third kappa shape index (κ3) is 4.44. The molecule has 0 atom stereocenters. The summed E-state index contributed by atoms with van der Waals surface area (Å²) in [5.74, 6) is 0.591. The second-order valence-corrected chi connectivity index (χ2v) is 6.68. The van der Waals surface area contributed by atoms with E-state index in [2.05, 4.69) is 25.6 Å². The lowest BCUT2D eigenvalue weighted by Gasteiger charge is -2.01. The Morgan fingerprint density at radius 3 is 2.66 bits per heavy atom. The first-order chi connectivity index (χ1) is 14.1. The molecular formula is C20H17ClN6O2. The Hall–Kier alpha value is -3.65. The highest BCUT2D eigenvalue weighted by atomic mass is 35.5. The lowest BCUT2D eigenvalue weighted by Crippen LogP contribution is -2.14. The molecule has 0 saturated carbocycles. The number of hydrogen-bond donors (Lipinski definition) is 2. The van der Waals surface area contributed by atoms with Gasteiger partial charge in [0.2, 0.25) is 5.95 Å². The number of benzene rings is 2.